The Kier molecular flexibility index (Phi) is 12.5. The number of rotatable bonds is 17. The molecule has 0 aromatic heterocycles. The molecular formula is C32H34N4O10S2. The van der Waals surface area contributed by atoms with Crippen molar-refractivity contribution in [3.05, 3.63) is 84.2 Å². The molecule has 4 amide bonds. The van der Waals surface area contributed by atoms with Crippen LogP contribution in [0.4, 0.5) is 0 Å². The number of carboxylic acids is 2. The lowest BCUT2D eigenvalue weighted by molar-refractivity contribution is -0.155. The van der Waals surface area contributed by atoms with Crippen LogP contribution in [0.1, 0.15) is 13.8 Å². The zero-order chi connectivity index (χ0) is 34.8. The minimum absolute atomic E-state index is 0.268. The van der Waals surface area contributed by atoms with E-state index in [1.54, 1.807) is 62.4 Å². The molecule has 2 saturated heterocycles. The van der Waals surface area contributed by atoms with Crippen molar-refractivity contribution >= 4 is 57.2 Å². The molecule has 4 unspecified atom stereocenters. The molecule has 0 radical (unpaired) electrons. The molecule has 4 rings (SSSR count). The van der Waals surface area contributed by atoms with Gasteiger partial charge in [-0.3, -0.25) is 28.8 Å². The van der Waals surface area contributed by atoms with Gasteiger partial charge in [-0.15, -0.1) is 0 Å². The molecule has 14 nitrogen and oxygen atoms in total. The van der Waals surface area contributed by atoms with Gasteiger partial charge in [-0.25, -0.2) is 0 Å². The van der Waals surface area contributed by atoms with E-state index in [9.17, 15) is 39.0 Å². The minimum atomic E-state index is -1.22. The van der Waals surface area contributed by atoms with E-state index >= 15 is 0 Å². The monoisotopic (exact) mass is 698 g/mol. The second-order valence-electron chi connectivity index (χ2n) is 10.8. The minimum Gasteiger partial charge on any atom is -0.484 e. The standard InChI is InChI=1S/C32H34N4O10S2/c1-19(13-33-23(37)17-45-21-9-5-3-6-10-21)27-29(43)35(15-25(39)40)31(27)47-48-32-28(30(44)36(32)16-26(41)42)20(2)14-34-24(38)18-46-22-11-7-4-8-12-22/h3-14,27-28,31-32H,15-18H2,1-2H3,(H,33,37)(H,34,38)(H,39,40)(H,41,42). The lowest BCUT2D eigenvalue weighted by Gasteiger charge is -2.49. The first-order valence-corrected chi connectivity index (χ1v) is 16.9. The highest BCUT2D eigenvalue weighted by Crippen LogP contribution is 2.51. The second-order valence-corrected chi connectivity index (χ2v) is 13.3. The highest BCUT2D eigenvalue weighted by molar-refractivity contribution is 8.77. The fourth-order valence-electron chi connectivity index (χ4n) is 4.83. The molecule has 254 valence electrons. The highest BCUT2D eigenvalue weighted by atomic mass is 33.1. The van der Waals surface area contributed by atoms with Crippen LogP contribution >= 0.6 is 21.6 Å². The van der Waals surface area contributed by atoms with Crippen molar-refractivity contribution in [2.45, 2.75) is 24.6 Å². The van der Waals surface area contributed by atoms with Gasteiger partial charge in [0.1, 0.15) is 35.3 Å². The summed E-state index contributed by atoms with van der Waals surface area (Å²) in [4.78, 5) is 76.1. The number of hydrogen-bond donors (Lipinski definition) is 4. The van der Waals surface area contributed by atoms with E-state index in [0.717, 1.165) is 31.4 Å². The van der Waals surface area contributed by atoms with Gasteiger partial charge in [0.05, 0.1) is 11.8 Å². The van der Waals surface area contributed by atoms with E-state index in [1.165, 1.54) is 12.4 Å². The molecule has 4 N–H and O–H groups in total. The van der Waals surface area contributed by atoms with Crippen LogP contribution in [-0.4, -0.2) is 92.6 Å². The van der Waals surface area contributed by atoms with Gasteiger partial charge in [0, 0.05) is 12.4 Å². The fourth-order valence-corrected chi connectivity index (χ4v) is 8.48. The van der Waals surface area contributed by atoms with Crippen LogP contribution in [0.5, 0.6) is 11.5 Å². The maximum absolute atomic E-state index is 13.0. The van der Waals surface area contributed by atoms with Gasteiger partial charge in [-0.05, 0) is 49.3 Å². The summed E-state index contributed by atoms with van der Waals surface area (Å²) in [5.74, 6) is -4.86. The van der Waals surface area contributed by atoms with Crippen molar-refractivity contribution in [1.29, 1.82) is 0 Å². The molecular weight excluding hydrogens is 665 g/mol. The van der Waals surface area contributed by atoms with E-state index in [0.29, 0.717) is 22.6 Å². The first kappa shape index (κ1) is 35.9. The smallest absolute Gasteiger partial charge is 0.323 e. The van der Waals surface area contributed by atoms with Gasteiger partial charge in [0.2, 0.25) is 11.8 Å². The summed E-state index contributed by atoms with van der Waals surface area (Å²) in [7, 11) is 2.24. The SMILES string of the molecule is CC(=CNC(=O)COc1ccccc1)C1C(=O)N(CC(=O)O)C1SSC1C(C(C)=CNC(=O)COc2ccccc2)C(=O)N1CC(=O)O. The van der Waals surface area contributed by atoms with Crippen molar-refractivity contribution in [1.82, 2.24) is 20.4 Å². The Morgan fingerprint density at radius 1 is 0.688 bits per heavy atom. The van der Waals surface area contributed by atoms with E-state index in [4.69, 9.17) is 9.47 Å². The third kappa shape index (κ3) is 9.32. The Morgan fingerprint density at radius 3 is 1.38 bits per heavy atom. The molecule has 2 heterocycles. The number of para-hydroxylation sites is 2. The Morgan fingerprint density at radius 2 is 1.04 bits per heavy atom. The van der Waals surface area contributed by atoms with E-state index in [2.05, 4.69) is 10.6 Å². The Labute approximate surface area is 283 Å². The van der Waals surface area contributed by atoms with Crippen molar-refractivity contribution in [2.75, 3.05) is 26.3 Å². The normalized spacial score (nSPS) is 20.7. The first-order valence-electron chi connectivity index (χ1n) is 14.6. The topological polar surface area (TPSA) is 192 Å². The van der Waals surface area contributed by atoms with Gasteiger partial charge in [-0.2, -0.15) is 0 Å². The van der Waals surface area contributed by atoms with Crippen LogP contribution in [-0.2, 0) is 28.8 Å². The van der Waals surface area contributed by atoms with Crippen LogP contribution in [0.25, 0.3) is 0 Å². The maximum atomic E-state index is 13.0. The van der Waals surface area contributed by atoms with Crippen LogP contribution in [0.2, 0.25) is 0 Å². The van der Waals surface area contributed by atoms with Gasteiger partial charge in [-0.1, -0.05) is 58.0 Å². The summed E-state index contributed by atoms with van der Waals surface area (Å²) < 4.78 is 10.9. The summed E-state index contributed by atoms with van der Waals surface area (Å²) in [5.41, 5.74) is 0.931. The lowest BCUT2D eigenvalue weighted by atomic mass is 9.91. The number of carbonyl (C=O) groups excluding carboxylic acids is 4. The number of nitrogens with one attached hydrogen (secondary N) is 2. The zero-order valence-corrected chi connectivity index (χ0v) is 27.6. The maximum Gasteiger partial charge on any atom is 0.323 e. The summed E-state index contributed by atoms with van der Waals surface area (Å²) in [6, 6.07) is 17.5. The van der Waals surface area contributed by atoms with Gasteiger partial charge in [0.15, 0.2) is 13.2 Å². The third-order valence-corrected chi connectivity index (χ3v) is 10.4. The second kappa shape index (κ2) is 16.7. The Hall–Kier alpha value is -4.96. The van der Waals surface area contributed by atoms with Crippen molar-refractivity contribution in [3.8, 4) is 11.5 Å². The Balaban J connectivity index is 1.40. The number of β-lactam (4-membered cyclic amide) rings is 2. The predicted octanol–water partition coefficient (Wildman–Crippen LogP) is 2.30. The third-order valence-electron chi connectivity index (χ3n) is 7.28. The highest BCUT2D eigenvalue weighted by Gasteiger charge is 2.53. The average molecular weight is 699 g/mol. The van der Waals surface area contributed by atoms with Crippen molar-refractivity contribution < 1.29 is 48.5 Å². The van der Waals surface area contributed by atoms with E-state index in [1.807, 2.05) is 12.1 Å². The summed E-state index contributed by atoms with van der Waals surface area (Å²) >= 11 is 0. The molecule has 48 heavy (non-hydrogen) atoms. The lowest BCUT2D eigenvalue weighted by Crippen LogP contribution is -2.62. The summed E-state index contributed by atoms with van der Waals surface area (Å²) in [6.45, 7) is 1.58. The Bertz CT molecular complexity index is 1470. The van der Waals surface area contributed by atoms with Crippen LogP contribution < -0.4 is 20.1 Å². The number of benzene rings is 2. The number of amides is 4. The number of hydrogen-bond acceptors (Lipinski definition) is 10. The molecule has 0 spiro atoms. The molecule has 2 aliphatic rings. The van der Waals surface area contributed by atoms with Crippen molar-refractivity contribution in [3.63, 3.8) is 0 Å². The number of ether oxygens (including phenoxy) is 2. The van der Waals surface area contributed by atoms with Crippen LogP contribution in [0.3, 0.4) is 0 Å². The molecule has 2 aliphatic heterocycles. The largest absolute Gasteiger partial charge is 0.484 e. The number of likely N-dealkylation sites (tertiary alicyclic amines) is 2. The average Bonchev–Trinajstić information content (AvgIpc) is 3.07. The molecule has 16 heteroatoms. The zero-order valence-electron chi connectivity index (χ0n) is 25.9. The molecule has 4 atom stereocenters. The van der Waals surface area contributed by atoms with Gasteiger partial charge < -0.3 is 40.1 Å². The number of nitrogens with zero attached hydrogens (tertiary/aromatic N) is 2. The first-order chi connectivity index (χ1) is 23.0. The van der Waals surface area contributed by atoms with E-state index < -0.39 is 71.2 Å². The number of carboxylic acid groups (broad SMARTS) is 2. The fraction of sp³-hybridized carbons (Fsp3) is 0.312. The van der Waals surface area contributed by atoms with Gasteiger partial charge >= 0.3 is 11.9 Å². The molecule has 0 saturated carbocycles. The summed E-state index contributed by atoms with van der Waals surface area (Å²) in [5, 5.41) is 22.6. The summed E-state index contributed by atoms with van der Waals surface area (Å²) in [6.07, 6.45) is 2.75. The molecule has 2 aromatic rings. The molecule has 0 aliphatic carbocycles. The van der Waals surface area contributed by atoms with Crippen LogP contribution in [0, 0.1) is 11.8 Å². The number of aliphatic carboxylic acids is 2. The van der Waals surface area contributed by atoms with Gasteiger partial charge in [0.25, 0.3) is 11.8 Å². The van der Waals surface area contributed by atoms with E-state index in [-0.39, 0.29) is 13.2 Å². The molecule has 2 fully saturated rings. The molecule has 0 bridgehead atoms. The molecule has 2 aromatic carbocycles. The van der Waals surface area contributed by atoms with Crippen LogP contribution in [0.15, 0.2) is 84.2 Å². The quantitative estimate of drug-likeness (QED) is 0.140. The number of carbonyl (C=O) groups is 6. The van der Waals surface area contributed by atoms with Crippen molar-refractivity contribution in [2.24, 2.45) is 11.8 Å². The predicted molar refractivity (Wildman–Crippen MR) is 176 cm³/mol.